The Morgan fingerprint density at radius 1 is 1.03 bits per heavy atom. The van der Waals surface area contributed by atoms with Crippen LogP contribution in [0.4, 0.5) is 0 Å². The van der Waals surface area contributed by atoms with Crippen molar-refractivity contribution < 1.29 is 24.1 Å². The molecule has 1 amide bonds. The molecular weight excluding hydrogens is 416 g/mol. The van der Waals surface area contributed by atoms with Crippen molar-refractivity contribution in [2.75, 3.05) is 52.5 Å². The van der Waals surface area contributed by atoms with Crippen LogP contribution in [0, 0.1) is 0 Å². The first-order valence-electron chi connectivity index (χ1n) is 10.9. The van der Waals surface area contributed by atoms with E-state index in [-0.39, 0.29) is 5.91 Å². The first-order chi connectivity index (χ1) is 15.1. The van der Waals surface area contributed by atoms with Crippen molar-refractivity contribution in [2.24, 2.45) is 0 Å². The van der Waals surface area contributed by atoms with E-state index >= 15 is 0 Å². The van der Waals surface area contributed by atoms with Gasteiger partial charge in [0, 0.05) is 43.2 Å². The highest BCUT2D eigenvalue weighted by molar-refractivity contribution is 7.10. The van der Waals surface area contributed by atoms with E-state index in [0.717, 1.165) is 18.0 Å². The second-order valence-corrected chi connectivity index (χ2v) is 8.20. The molecule has 1 fully saturated rings. The van der Waals surface area contributed by atoms with Crippen molar-refractivity contribution >= 4 is 17.2 Å². The molecule has 0 aliphatic carbocycles. The molecule has 1 atom stereocenters. The number of amides is 1. The molecule has 1 aromatic heterocycles. The average molecular weight is 449 g/mol. The average Bonchev–Trinajstić information content (AvgIpc) is 3.31. The van der Waals surface area contributed by atoms with Gasteiger partial charge in [-0.3, -0.25) is 9.69 Å². The summed E-state index contributed by atoms with van der Waals surface area (Å²) in [7, 11) is 0. The fourth-order valence-electron chi connectivity index (χ4n) is 3.64. The first-order valence-corrected chi connectivity index (χ1v) is 11.7. The number of thiophene rings is 1. The lowest BCUT2D eigenvalue weighted by atomic mass is 10.1. The van der Waals surface area contributed by atoms with E-state index in [2.05, 4.69) is 4.90 Å². The number of hydrogen-bond donors (Lipinski definition) is 1. The van der Waals surface area contributed by atoms with Crippen molar-refractivity contribution in [3.63, 3.8) is 0 Å². The van der Waals surface area contributed by atoms with E-state index in [9.17, 15) is 9.90 Å². The summed E-state index contributed by atoms with van der Waals surface area (Å²) < 4.78 is 17.2. The van der Waals surface area contributed by atoms with Crippen LogP contribution < -0.4 is 14.2 Å². The van der Waals surface area contributed by atoms with Gasteiger partial charge in [-0.1, -0.05) is 6.07 Å². The Hall–Kier alpha value is -2.29. The van der Waals surface area contributed by atoms with E-state index in [1.165, 1.54) is 0 Å². The summed E-state index contributed by atoms with van der Waals surface area (Å²) >= 11 is 1.56. The molecule has 0 radical (unpaired) electrons. The lowest BCUT2D eigenvalue weighted by Crippen LogP contribution is -2.49. The van der Waals surface area contributed by atoms with Gasteiger partial charge >= 0.3 is 0 Å². The van der Waals surface area contributed by atoms with E-state index in [4.69, 9.17) is 14.2 Å². The number of rotatable bonds is 10. The smallest absolute Gasteiger partial charge is 0.254 e. The zero-order valence-electron chi connectivity index (χ0n) is 18.5. The molecule has 1 N–H and O–H groups in total. The lowest BCUT2D eigenvalue weighted by Gasteiger charge is -2.35. The minimum atomic E-state index is -0.490. The van der Waals surface area contributed by atoms with Crippen LogP contribution in [0.25, 0.3) is 0 Å². The summed E-state index contributed by atoms with van der Waals surface area (Å²) in [6, 6.07) is 7.38. The van der Waals surface area contributed by atoms with Crippen LogP contribution in [0.3, 0.4) is 0 Å². The number of β-amino-alcohol motifs (C(OH)–C–C–N with tert-alkyl or cyclic N) is 1. The van der Waals surface area contributed by atoms with Crippen LogP contribution in [0.5, 0.6) is 17.2 Å². The fraction of sp³-hybridized carbons (Fsp3) is 0.522. The summed E-state index contributed by atoms with van der Waals surface area (Å²) in [4.78, 5) is 18.2. The third-order valence-electron chi connectivity index (χ3n) is 5.12. The molecule has 2 heterocycles. The Kier molecular flexibility index (Phi) is 8.57. The number of aliphatic hydroxyl groups excluding tert-OH is 1. The normalized spacial score (nSPS) is 15.5. The molecule has 1 aliphatic heterocycles. The van der Waals surface area contributed by atoms with E-state index in [0.29, 0.717) is 62.3 Å². The van der Waals surface area contributed by atoms with Crippen LogP contribution >= 0.6 is 11.3 Å². The van der Waals surface area contributed by atoms with Gasteiger partial charge in [0.15, 0.2) is 11.5 Å². The molecule has 1 aliphatic rings. The number of hydrogen-bond acceptors (Lipinski definition) is 7. The Bertz CT molecular complexity index is 807. The van der Waals surface area contributed by atoms with Crippen molar-refractivity contribution in [3.05, 3.63) is 40.1 Å². The zero-order valence-corrected chi connectivity index (χ0v) is 19.3. The maximum absolute atomic E-state index is 13.2. The van der Waals surface area contributed by atoms with Crippen LogP contribution in [-0.4, -0.2) is 73.4 Å². The molecule has 31 heavy (non-hydrogen) atoms. The number of ether oxygens (including phenoxy) is 3. The van der Waals surface area contributed by atoms with Crippen LogP contribution in [-0.2, 0) is 0 Å². The van der Waals surface area contributed by atoms with Crippen LogP contribution in [0.15, 0.2) is 29.6 Å². The molecule has 1 aromatic carbocycles. The van der Waals surface area contributed by atoms with Crippen LogP contribution in [0.2, 0.25) is 0 Å². The van der Waals surface area contributed by atoms with Crippen molar-refractivity contribution in [3.8, 4) is 17.2 Å². The standard InChI is InChI=1S/C23H32N2O5S/c1-4-28-19-14-17(15-20(29-5-2)22(19)30-6-3)23(27)25-11-9-24(10-12-25)16-18(26)21-8-7-13-31-21/h7-8,13-15,18,26H,4-6,9-12,16H2,1-3H3. The minimum absolute atomic E-state index is 0.0524. The van der Waals surface area contributed by atoms with Gasteiger partial charge in [0.25, 0.3) is 5.91 Å². The highest BCUT2D eigenvalue weighted by atomic mass is 32.1. The molecule has 1 unspecified atom stereocenters. The van der Waals surface area contributed by atoms with E-state index in [1.807, 2.05) is 43.2 Å². The molecule has 2 aromatic rings. The Morgan fingerprint density at radius 3 is 2.16 bits per heavy atom. The molecule has 7 nitrogen and oxygen atoms in total. The maximum atomic E-state index is 13.2. The first kappa shape index (κ1) is 23.4. The summed E-state index contributed by atoms with van der Waals surface area (Å²) in [5.41, 5.74) is 0.530. The fourth-order valence-corrected chi connectivity index (χ4v) is 4.35. The van der Waals surface area contributed by atoms with Crippen molar-refractivity contribution in [1.82, 2.24) is 9.80 Å². The molecular formula is C23H32N2O5S. The molecule has 0 bridgehead atoms. The van der Waals surface area contributed by atoms with Crippen molar-refractivity contribution in [2.45, 2.75) is 26.9 Å². The van der Waals surface area contributed by atoms with Crippen LogP contribution in [0.1, 0.15) is 42.1 Å². The highest BCUT2D eigenvalue weighted by Crippen LogP contribution is 2.39. The van der Waals surface area contributed by atoms with Gasteiger partial charge in [0.2, 0.25) is 5.75 Å². The predicted octanol–water partition coefficient (Wildman–Crippen LogP) is 3.44. The van der Waals surface area contributed by atoms with Gasteiger partial charge in [-0.15, -0.1) is 11.3 Å². The summed E-state index contributed by atoms with van der Waals surface area (Å²) in [5.74, 6) is 1.53. The third kappa shape index (κ3) is 5.90. The second-order valence-electron chi connectivity index (χ2n) is 7.22. The molecule has 0 saturated carbocycles. The van der Waals surface area contributed by atoms with Gasteiger partial charge in [-0.2, -0.15) is 0 Å². The third-order valence-corrected chi connectivity index (χ3v) is 6.09. The summed E-state index contributed by atoms with van der Waals surface area (Å²) in [5, 5.41) is 12.4. The summed E-state index contributed by atoms with van der Waals surface area (Å²) in [6.45, 7) is 10.4. The van der Waals surface area contributed by atoms with Gasteiger partial charge in [-0.25, -0.2) is 0 Å². The molecule has 8 heteroatoms. The number of piperazine rings is 1. The number of benzene rings is 1. The largest absolute Gasteiger partial charge is 0.490 e. The second kappa shape index (κ2) is 11.4. The molecule has 3 rings (SSSR count). The summed E-state index contributed by atoms with van der Waals surface area (Å²) in [6.07, 6.45) is -0.490. The Labute approximate surface area is 188 Å². The number of nitrogens with zero attached hydrogens (tertiary/aromatic N) is 2. The molecule has 0 spiro atoms. The Balaban J connectivity index is 1.68. The number of aliphatic hydroxyl groups is 1. The topological polar surface area (TPSA) is 71.5 Å². The highest BCUT2D eigenvalue weighted by Gasteiger charge is 2.26. The van der Waals surface area contributed by atoms with E-state index in [1.54, 1.807) is 23.5 Å². The maximum Gasteiger partial charge on any atom is 0.254 e. The SMILES string of the molecule is CCOc1cc(C(=O)N2CCN(CC(O)c3cccs3)CC2)cc(OCC)c1OCC. The van der Waals surface area contributed by atoms with Crippen molar-refractivity contribution in [1.29, 1.82) is 0 Å². The molecule has 170 valence electrons. The monoisotopic (exact) mass is 448 g/mol. The van der Waals surface area contributed by atoms with Gasteiger partial charge in [-0.05, 0) is 44.4 Å². The van der Waals surface area contributed by atoms with Gasteiger partial charge in [0.05, 0.1) is 19.8 Å². The number of carbonyl (C=O) groups is 1. The predicted molar refractivity (Wildman–Crippen MR) is 122 cm³/mol. The van der Waals surface area contributed by atoms with E-state index < -0.39 is 6.10 Å². The minimum Gasteiger partial charge on any atom is -0.490 e. The quantitative estimate of drug-likeness (QED) is 0.600. The number of carbonyl (C=O) groups excluding carboxylic acids is 1. The molecule has 1 saturated heterocycles. The van der Waals surface area contributed by atoms with Gasteiger partial charge in [0.1, 0.15) is 6.10 Å². The lowest BCUT2D eigenvalue weighted by molar-refractivity contribution is 0.0532. The van der Waals surface area contributed by atoms with Gasteiger partial charge < -0.3 is 24.2 Å². The zero-order chi connectivity index (χ0) is 22.2. The Morgan fingerprint density at radius 2 is 1.65 bits per heavy atom.